The topological polar surface area (TPSA) is 44.1 Å². The number of methoxy groups -OCH3 is 1. The summed E-state index contributed by atoms with van der Waals surface area (Å²) in [5, 5.41) is 0. The van der Waals surface area contributed by atoms with Gasteiger partial charge in [0.15, 0.2) is 0 Å². The molecule has 0 bridgehead atoms. The van der Waals surface area contributed by atoms with E-state index in [1.54, 1.807) is 17.7 Å². The molecule has 0 spiro atoms. The fourth-order valence-electron chi connectivity index (χ4n) is 3.18. The van der Waals surface area contributed by atoms with Crippen molar-refractivity contribution in [2.75, 3.05) is 7.11 Å². The lowest BCUT2D eigenvalue weighted by Gasteiger charge is -2.26. The number of ether oxygens (including phenoxy) is 1. The molecular weight excluding hydrogens is 264 g/mol. The summed E-state index contributed by atoms with van der Waals surface area (Å²) in [7, 11) is 1.56. The highest BCUT2D eigenvalue weighted by molar-refractivity contribution is 5.32. The molecule has 0 saturated heterocycles. The molecule has 1 aliphatic rings. The van der Waals surface area contributed by atoms with Gasteiger partial charge < -0.3 is 4.74 Å². The van der Waals surface area contributed by atoms with Gasteiger partial charge in [-0.25, -0.2) is 4.98 Å². The second-order valence-corrected chi connectivity index (χ2v) is 5.62. The van der Waals surface area contributed by atoms with Gasteiger partial charge in [0.25, 0.3) is 11.6 Å². The van der Waals surface area contributed by atoms with Crippen molar-refractivity contribution in [3.05, 3.63) is 57.5 Å². The third kappa shape index (κ3) is 2.71. The molecular formula is C17H20N2O2. The van der Waals surface area contributed by atoms with E-state index in [1.807, 2.05) is 6.92 Å². The van der Waals surface area contributed by atoms with Gasteiger partial charge in [-0.15, -0.1) is 0 Å². The lowest BCUT2D eigenvalue weighted by Crippen LogP contribution is -2.27. The Bertz CT molecular complexity index is 706. The molecule has 4 heteroatoms. The van der Waals surface area contributed by atoms with Crippen molar-refractivity contribution < 1.29 is 4.74 Å². The zero-order valence-corrected chi connectivity index (χ0v) is 12.5. The van der Waals surface area contributed by atoms with Crippen LogP contribution in [0.1, 0.15) is 35.6 Å². The first kappa shape index (κ1) is 13.9. The van der Waals surface area contributed by atoms with Crippen LogP contribution in [0, 0.1) is 6.92 Å². The van der Waals surface area contributed by atoms with Crippen LogP contribution >= 0.6 is 0 Å². The van der Waals surface area contributed by atoms with Gasteiger partial charge in [-0.2, -0.15) is 0 Å². The molecule has 1 atom stereocenters. The van der Waals surface area contributed by atoms with Crippen LogP contribution in [0.4, 0.5) is 0 Å². The molecule has 21 heavy (non-hydrogen) atoms. The molecule has 0 aliphatic heterocycles. The Morgan fingerprint density at radius 2 is 2.19 bits per heavy atom. The van der Waals surface area contributed by atoms with Crippen molar-refractivity contribution in [2.45, 2.75) is 38.6 Å². The highest BCUT2D eigenvalue weighted by atomic mass is 16.5. The minimum atomic E-state index is -0.0394. The number of fused-ring (bicyclic) bond motifs is 1. The molecule has 0 radical (unpaired) electrons. The maximum atomic E-state index is 12.2. The third-order valence-corrected chi connectivity index (χ3v) is 4.18. The van der Waals surface area contributed by atoms with E-state index in [4.69, 9.17) is 4.74 Å². The van der Waals surface area contributed by atoms with Gasteiger partial charge in [0.05, 0.1) is 7.11 Å². The van der Waals surface area contributed by atoms with Crippen LogP contribution in [-0.2, 0) is 13.0 Å². The fraction of sp³-hybridized carbons (Fsp3) is 0.412. The molecule has 3 rings (SSSR count). The monoisotopic (exact) mass is 284 g/mol. The first-order valence-corrected chi connectivity index (χ1v) is 7.39. The summed E-state index contributed by atoms with van der Waals surface area (Å²) in [4.78, 5) is 16.6. The number of benzene rings is 1. The van der Waals surface area contributed by atoms with Gasteiger partial charge in [0.2, 0.25) is 0 Å². The van der Waals surface area contributed by atoms with E-state index in [-0.39, 0.29) is 5.56 Å². The molecule has 0 saturated carbocycles. The maximum Gasteiger partial charge on any atom is 0.299 e. The smallest absolute Gasteiger partial charge is 0.299 e. The van der Waals surface area contributed by atoms with Gasteiger partial charge in [0, 0.05) is 24.2 Å². The number of aromatic nitrogens is 2. The highest BCUT2D eigenvalue weighted by Crippen LogP contribution is 2.32. The summed E-state index contributed by atoms with van der Waals surface area (Å²) in [6.07, 6.45) is 3.39. The van der Waals surface area contributed by atoms with Crippen molar-refractivity contribution in [1.82, 2.24) is 9.55 Å². The van der Waals surface area contributed by atoms with E-state index in [0.29, 0.717) is 24.2 Å². The average Bonchev–Trinajstić information content (AvgIpc) is 2.50. The molecule has 1 unspecified atom stereocenters. The summed E-state index contributed by atoms with van der Waals surface area (Å²) in [6.45, 7) is 2.44. The fourth-order valence-corrected chi connectivity index (χ4v) is 3.18. The Balaban J connectivity index is 1.97. The van der Waals surface area contributed by atoms with E-state index < -0.39 is 0 Å². The Kier molecular flexibility index (Phi) is 3.78. The normalized spacial score (nSPS) is 17.3. The molecule has 0 N–H and O–H groups in total. The number of nitrogens with zero attached hydrogens (tertiary/aromatic N) is 2. The lowest BCUT2D eigenvalue weighted by atomic mass is 9.83. The lowest BCUT2D eigenvalue weighted by molar-refractivity contribution is 0.331. The first-order chi connectivity index (χ1) is 10.2. The van der Waals surface area contributed by atoms with E-state index in [9.17, 15) is 4.79 Å². The summed E-state index contributed by atoms with van der Waals surface area (Å²) in [6, 6.07) is 10.5. The summed E-state index contributed by atoms with van der Waals surface area (Å²) in [5.74, 6) is 0.353. The zero-order chi connectivity index (χ0) is 14.8. The van der Waals surface area contributed by atoms with Crippen molar-refractivity contribution in [3.8, 4) is 6.01 Å². The number of hydrogen-bond acceptors (Lipinski definition) is 3. The standard InChI is InChI=1S/C17H20N2O2/c1-12-10-16(20)19(17(18-12)21-2)11-14-8-5-7-13-6-3-4-9-15(13)14/h3-4,6,9-10,14H,5,7-8,11H2,1-2H3. The molecule has 1 aliphatic carbocycles. The van der Waals surface area contributed by atoms with Crippen molar-refractivity contribution in [1.29, 1.82) is 0 Å². The molecule has 4 nitrogen and oxygen atoms in total. The minimum absolute atomic E-state index is 0.0394. The van der Waals surface area contributed by atoms with Crippen LogP contribution in [0.3, 0.4) is 0 Å². The summed E-state index contributed by atoms with van der Waals surface area (Å²) >= 11 is 0. The van der Waals surface area contributed by atoms with Crippen LogP contribution < -0.4 is 10.3 Å². The van der Waals surface area contributed by atoms with Crippen LogP contribution in [0.2, 0.25) is 0 Å². The predicted octanol–water partition coefficient (Wildman–Crippen LogP) is 2.68. The zero-order valence-electron chi connectivity index (χ0n) is 12.5. The number of aryl methyl sites for hydroxylation is 2. The number of rotatable bonds is 3. The molecule has 1 aromatic carbocycles. The second kappa shape index (κ2) is 5.72. The molecule has 1 heterocycles. The molecule has 110 valence electrons. The molecule has 0 fully saturated rings. The molecule has 0 amide bonds. The first-order valence-electron chi connectivity index (χ1n) is 7.39. The average molecular weight is 284 g/mol. The van der Waals surface area contributed by atoms with Crippen molar-refractivity contribution >= 4 is 0 Å². The summed E-state index contributed by atoms with van der Waals surface area (Å²) < 4.78 is 6.94. The predicted molar refractivity (Wildman–Crippen MR) is 81.9 cm³/mol. The Labute approximate surface area is 124 Å². The Morgan fingerprint density at radius 3 is 3.00 bits per heavy atom. The van der Waals surface area contributed by atoms with E-state index in [2.05, 4.69) is 29.2 Å². The molecule has 2 aromatic rings. The van der Waals surface area contributed by atoms with Crippen molar-refractivity contribution in [3.63, 3.8) is 0 Å². The van der Waals surface area contributed by atoms with Crippen LogP contribution in [0.15, 0.2) is 35.1 Å². The van der Waals surface area contributed by atoms with Gasteiger partial charge >= 0.3 is 0 Å². The van der Waals surface area contributed by atoms with Crippen molar-refractivity contribution in [2.24, 2.45) is 0 Å². The van der Waals surface area contributed by atoms with E-state index in [1.165, 1.54) is 11.1 Å². The van der Waals surface area contributed by atoms with Gasteiger partial charge in [-0.3, -0.25) is 9.36 Å². The number of hydrogen-bond donors (Lipinski definition) is 0. The van der Waals surface area contributed by atoms with Crippen LogP contribution in [-0.4, -0.2) is 16.7 Å². The minimum Gasteiger partial charge on any atom is -0.468 e. The van der Waals surface area contributed by atoms with Gasteiger partial charge in [0.1, 0.15) is 0 Å². The van der Waals surface area contributed by atoms with Gasteiger partial charge in [-0.1, -0.05) is 24.3 Å². The Hall–Kier alpha value is -2.10. The van der Waals surface area contributed by atoms with E-state index >= 15 is 0 Å². The Morgan fingerprint density at radius 1 is 1.38 bits per heavy atom. The summed E-state index contributed by atoms with van der Waals surface area (Å²) in [5.41, 5.74) is 3.42. The second-order valence-electron chi connectivity index (χ2n) is 5.62. The third-order valence-electron chi connectivity index (χ3n) is 4.18. The largest absolute Gasteiger partial charge is 0.468 e. The van der Waals surface area contributed by atoms with Gasteiger partial charge in [-0.05, 0) is 37.3 Å². The quantitative estimate of drug-likeness (QED) is 0.870. The van der Waals surface area contributed by atoms with Crippen LogP contribution in [0.5, 0.6) is 6.01 Å². The SMILES string of the molecule is COc1nc(C)cc(=O)n1CC1CCCc2ccccc21. The van der Waals surface area contributed by atoms with Crippen LogP contribution in [0.25, 0.3) is 0 Å². The van der Waals surface area contributed by atoms with E-state index in [0.717, 1.165) is 19.3 Å². The highest BCUT2D eigenvalue weighted by Gasteiger charge is 2.22. The maximum absolute atomic E-state index is 12.2. The molecule has 1 aromatic heterocycles.